The first-order valence-electron chi connectivity index (χ1n) is 7.69. The highest BCUT2D eigenvalue weighted by Gasteiger charge is 2.25. The van der Waals surface area contributed by atoms with Crippen molar-refractivity contribution in [2.24, 2.45) is 0 Å². The summed E-state index contributed by atoms with van der Waals surface area (Å²) >= 11 is 0. The van der Waals surface area contributed by atoms with Crippen LogP contribution in [0.3, 0.4) is 0 Å². The van der Waals surface area contributed by atoms with Crippen LogP contribution in [0.4, 0.5) is 0 Å². The topological polar surface area (TPSA) is 52.6 Å². The first kappa shape index (κ1) is 14.5. The lowest BCUT2D eigenvalue weighted by molar-refractivity contribution is -0.228. The predicted molar refractivity (Wildman–Crippen MR) is 90.9 cm³/mol. The highest BCUT2D eigenvalue weighted by Crippen LogP contribution is 2.40. The van der Waals surface area contributed by atoms with E-state index in [-0.39, 0.29) is 0 Å². The van der Waals surface area contributed by atoms with E-state index in [0.717, 1.165) is 46.0 Å². The van der Waals surface area contributed by atoms with E-state index < -0.39 is 11.9 Å². The van der Waals surface area contributed by atoms with E-state index in [4.69, 9.17) is 0 Å². The van der Waals surface area contributed by atoms with E-state index in [1.807, 2.05) is 24.3 Å². The van der Waals surface area contributed by atoms with E-state index in [2.05, 4.69) is 34.6 Å². The number of rotatable bonds is 2. The summed E-state index contributed by atoms with van der Waals surface area (Å²) in [5.74, 6) is -1.48. The highest BCUT2D eigenvalue weighted by molar-refractivity contribution is 6.20. The molecule has 0 amide bonds. The second kappa shape index (κ2) is 5.49. The average Bonchev–Trinajstić information content (AvgIpc) is 2.65. The van der Waals surface area contributed by atoms with Crippen LogP contribution in [0, 0.1) is 0 Å². The summed E-state index contributed by atoms with van der Waals surface area (Å²) in [6.07, 6.45) is 6.83. The molecule has 0 aliphatic heterocycles. The summed E-state index contributed by atoms with van der Waals surface area (Å²) in [6.45, 7) is 3.27. The Morgan fingerprint density at radius 1 is 0.958 bits per heavy atom. The molecule has 24 heavy (non-hydrogen) atoms. The van der Waals surface area contributed by atoms with Gasteiger partial charge >= 0.3 is 11.9 Å². The van der Waals surface area contributed by atoms with Crippen LogP contribution in [0.2, 0.25) is 0 Å². The average molecular weight is 318 g/mol. The fourth-order valence-electron chi connectivity index (χ4n) is 3.44. The zero-order chi connectivity index (χ0) is 16.7. The van der Waals surface area contributed by atoms with Crippen molar-refractivity contribution >= 4 is 33.5 Å². The molecule has 0 atom stereocenters. The third-order valence-corrected chi connectivity index (χ3v) is 4.43. The van der Waals surface area contributed by atoms with Gasteiger partial charge in [0.1, 0.15) is 0 Å². The Kier molecular flexibility index (Phi) is 3.31. The van der Waals surface area contributed by atoms with Crippen LogP contribution in [0.15, 0.2) is 55.1 Å². The molecule has 0 heterocycles. The molecule has 0 unspecified atom stereocenters. The summed E-state index contributed by atoms with van der Waals surface area (Å²) in [5, 5.41) is 4.06. The van der Waals surface area contributed by atoms with Crippen molar-refractivity contribution in [3.8, 4) is 0 Å². The summed E-state index contributed by atoms with van der Waals surface area (Å²) in [4.78, 5) is 32.7. The number of allylic oxidation sites excluding steroid dienone is 2. The number of benzene rings is 4. The maximum Gasteiger partial charge on any atom is 0.386 e. The van der Waals surface area contributed by atoms with Gasteiger partial charge in [0.05, 0.1) is 5.56 Å². The molecule has 0 aromatic heterocycles. The zero-order valence-corrected chi connectivity index (χ0v) is 12.9. The molecule has 0 saturated carbocycles. The van der Waals surface area contributed by atoms with E-state index in [1.54, 1.807) is 0 Å². The van der Waals surface area contributed by atoms with Gasteiger partial charge in [0.2, 0.25) is 0 Å². The summed E-state index contributed by atoms with van der Waals surface area (Å²) in [6, 6.07) is 9.84. The Bertz CT molecular complexity index is 1010. The van der Waals surface area contributed by atoms with Crippen molar-refractivity contribution in [2.45, 2.75) is 12.8 Å². The van der Waals surface area contributed by atoms with Crippen LogP contribution in [0.5, 0.6) is 0 Å². The fourth-order valence-corrected chi connectivity index (χ4v) is 3.44. The van der Waals surface area contributed by atoms with Gasteiger partial charge < -0.3 is 0 Å². The number of carbonyl (C=O) groups is 2. The van der Waals surface area contributed by atoms with Crippen LogP contribution in [0.25, 0.3) is 21.5 Å². The van der Waals surface area contributed by atoms with Crippen LogP contribution in [0.1, 0.15) is 21.5 Å². The van der Waals surface area contributed by atoms with Gasteiger partial charge in [0.15, 0.2) is 0 Å². The molecule has 5 rings (SSSR count). The monoisotopic (exact) mass is 318 g/mol. The summed E-state index contributed by atoms with van der Waals surface area (Å²) in [5.41, 5.74) is 2.83. The lowest BCUT2D eigenvalue weighted by atomic mass is 9.81. The first-order chi connectivity index (χ1) is 11.7. The third-order valence-electron chi connectivity index (χ3n) is 4.43. The minimum absolute atomic E-state index is 0.426. The van der Waals surface area contributed by atoms with Gasteiger partial charge in [0, 0.05) is 11.5 Å². The minimum Gasteiger partial charge on any atom is -0.242 e. The van der Waals surface area contributed by atoms with Crippen LogP contribution in [-0.2, 0) is 27.4 Å². The highest BCUT2D eigenvalue weighted by atomic mass is 17.2. The lowest BCUT2D eigenvalue weighted by Crippen LogP contribution is -2.13. The second-order valence-corrected chi connectivity index (χ2v) is 5.71. The number of hydrogen-bond donors (Lipinski definition) is 0. The lowest BCUT2D eigenvalue weighted by Gasteiger charge is -2.22. The second-order valence-electron chi connectivity index (χ2n) is 5.71. The van der Waals surface area contributed by atoms with E-state index >= 15 is 0 Å². The molecule has 1 aliphatic rings. The number of fused-ring (bicyclic) bond motifs is 1. The first-order valence-corrected chi connectivity index (χ1v) is 7.69. The molecule has 2 bridgehead atoms. The zero-order valence-electron chi connectivity index (χ0n) is 12.9. The van der Waals surface area contributed by atoms with Crippen molar-refractivity contribution in [1.29, 1.82) is 0 Å². The minimum atomic E-state index is -0.802. The van der Waals surface area contributed by atoms with Gasteiger partial charge in [-0.25, -0.2) is 19.4 Å². The molecular formula is C20H14O4. The van der Waals surface area contributed by atoms with E-state index in [0.29, 0.717) is 5.56 Å². The standard InChI is InChI=1S/C20H14O4/c1-2-18(21)23-24-20(22)17-11-16-12-7-3-5-9-14(12)19(17)15-10-6-4-8-13(15)16/h2-7,9,11H,1,8,10H2. The maximum atomic E-state index is 12.4. The Morgan fingerprint density at radius 2 is 1.67 bits per heavy atom. The molecule has 0 saturated heterocycles. The van der Waals surface area contributed by atoms with Crippen molar-refractivity contribution in [3.05, 3.63) is 71.8 Å². The molecule has 4 aromatic rings. The maximum absolute atomic E-state index is 12.4. The number of hydrogen-bond acceptors (Lipinski definition) is 4. The van der Waals surface area contributed by atoms with Crippen molar-refractivity contribution < 1.29 is 19.4 Å². The molecule has 4 heteroatoms. The van der Waals surface area contributed by atoms with Crippen LogP contribution >= 0.6 is 0 Å². The Morgan fingerprint density at radius 3 is 2.42 bits per heavy atom. The SMILES string of the molecule is C=CC(=O)OOC(=O)c1cc2c3c(c1c1ccccc21)CC=CC3. The Balaban J connectivity index is 1.90. The fraction of sp³-hybridized carbons (Fsp3) is 0.100. The largest absolute Gasteiger partial charge is 0.386 e. The number of carbonyl (C=O) groups excluding carboxylic acids is 2. The summed E-state index contributed by atoms with van der Waals surface area (Å²) < 4.78 is 0. The van der Waals surface area contributed by atoms with Crippen molar-refractivity contribution in [1.82, 2.24) is 0 Å². The molecule has 1 aliphatic carbocycles. The molecule has 4 nitrogen and oxygen atoms in total. The predicted octanol–water partition coefficient (Wildman–Crippen LogP) is 3.89. The normalized spacial score (nSPS) is 13.0. The third kappa shape index (κ3) is 2.07. The van der Waals surface area contributed by atoms with Crippen molar-refractivity contribution in [2.75, 3.05) is 0 Å². The quantitative estimate of drug-likeness (QED) is 0.311. The van der Waals surface area contributed by atoms with Gasteiger partial charge in [0.25, 0.3) is 0 Å². The molecule has 0 N–H and O–H groups in total. The van der Waals surface area contributed by atoms with Crippen LogP contribution in [-0.4, -0.2) is 11.9 Å². The molecule has 4 aromatic carbocycles. The molecule has 0 fully saturated rings. The Hall–Kier alpha value is -3.14. The summed E-state index contributed by atoms with van der Waals surface area (Å²) in [7, 11) is 0. The van der Waals surface area contributed by atoms with E-state index in [9.17, 15) is 9.59 Å². The molecule has 0 radical (unpaired) electrons. The van der Waals surface area contributed by atoms with Gasteiger partial charge in [-0.1, -0.05) is 43.0 Å². The van der Waals surface area contributed by atoms with Gasteiger partial charge in [-0.3, -0.25) is 0 Å². The molecule has 118 valence electrons. The van der Waals surface area contributed by atoms with Crippen molar-refractivity contribution in [3.63, 3.8) is 0 Å². The Labute approximate surface area is 138 Å². The van der Waals surface area contributed by atoms with E-state index in [1.165, 1.54) is 5.56 Å². The van der Waals surface area contributed by atoms with Gasteiger partial charge in [-0.05, 0) is 46.2 Å². The smallest absolute Gasteiger partial charge is 0.242 e. The van der Waals surface area contributed by atoms with Gasteiger partial charge in [-0.15, -0.1) is 0 Å². The van der Waals surface area contributed by atoms with Gasteiger partial charge in [-0.2, -0.15) is 0 Å². The molecule has 0 spiro atoms. The van der Waals surface area contributed by atoms with Crippen LogP contribution < -0.4 is 0 Å². The molecular weight excluding hydrogens is 304 g/mol.